The zero-order valence-electron chi connectivity index (χ0n) is 15.3. The number of fused-ring (bicyclic) bond motifs is 2. The first kappa shape index (κ1) is 18.2. The monoisotopic (exact) mass is 382 g/mol. The van der Waals surface area contributed by atoms with E-state index in [1.54, 1.807) is 24.3 Å². The Labute approximate surface area is 162 Å². The van der Waals surface area contributed by atoms with Crippen LogP contribution < -0.4 is 15.8 Å². The minimum atomic E-state index is -0.386. The summed E-state index contributed by atoms with van der Waals surface area (Å²) in [6.07, 6.45) is 7.04. The molecular formula is C20H22N4O4. The van der Waals surface area contributed by atoms with E-state index in [-0.39, 0.29) is 36.6 Å². The van der Waals surface area contributed by atoms with Gasteiger partial charge in [-0.05, 0) is 48.3 Å². The van der Waals surface area contributed by atoms with Crippen LogP contribution in [0.15, 0.2) is 40.9 Å². The molecule has 8 nitrogen and oxygen atoms in total. The van der Waals surface area contributed by atoms with Crippen molar-refractivity contribution < 1.29 is 18.8 Å². The normalized spacial score (nSPS) is 22.4. The fourth-order valence-corrected chi connectivity index (χ4v) is 3.89. The number of hydrogen-bond donors (Lipinski definition) is 2. The highest BCUT2D eigenvalue weighted by atomic mass is 16.5. The summed E-state index contributed by atoms with van der Waals surface area (Å²) in [5, 5.41) is 6.67. The van der Waals surface area contributed by atoms with Crippen molar-refractivity contribution >= 4 is 11.8 Å². The van der Waals surface area contributed by atoms with E-state index >= 15 is 0 Å². The number of allylic oxidation sites excluding steroid dienone is 2. The van der Waals surface area contributed by atoms with Crippen molar-refractivity contribution in [3.63, 3.8) is 0 Å². The lowest BCUT2D eigenvalue weighted by Gasteiger charge is -2.17. The lowest BCUT2D eigenvalue weighted by Crippen LogP contribution is -2.31. The number of nitrogens with two attached hydrogens (primary N) is 1. The number of carbonyl (C=O) groups excluding carboxylic acids is 2. The van der Waals surface area contributed by atoms with Gasteiger partial charge in [-0.15, -0.1) is 0 Å². The molecule has 1 aromatic carbocycles. The maximum absolute atomic E-state index is 12.2. The van der Waals surface area contributed by atoms with Crippen molar-refractivity contribution in [2.24, 2.45) is 23.5 Å². The minimum absolute atomic E-state index is 0.0610. The van der Waals surface area contributed by atoms with Crippen molar-refractivity contribution in [3.05, 3.63) is 53.7 Å². The minimum Gasteiger partial charge on any atom is -0.485 e. The molecule has 4 rings (SSSR count). The first-order valence-electron chi connectivity index (χ1n) is 9.36. The summed E-state index contributed by atoms with van der Waals surface area (Å²) in [5.41, 5.74) is 5.97. The Hall–Kier alpha value is -3.16. The number of hydrogen-bond acceptors (Lipinski definition) is 6. The standard InChI is InChI=1S/C20H22N4O4/c21-17(25)9-12-2-5-16(6-3-12)27-11-18-23-20(28-24-18)19(26)22-10-15-8-13-1-4-14(15)7-13/h1-6,13-15H,7-11H2,(H2,21,25)(H,22,26)/t13-,14+,15-/m1/s1. The van der Waals surface area contributed by atoms with Gasteiger partial charge >= 0.3 is 11.8 Å². The third kappa shape index (κ3) is 4.21. The molecule has 2 aromatic rings. The molecule has 8 heteroatoms. The molecule has 0 radical (unpaired) electrons. The Morgan fingerprint density at radius 3 is 2.71 bits per heavy atom. The fourth-order valence-electron chi connectivity index (χ4n) is 3.89. The molecule has 1 heterocycles. The van der Waals surface area contributed by atoms with Gasteiger partial charge in [0.2, 0.25) is 11.7 Å². The highest BCUT2D eigenvalue weighted by molar-refractivity contribution is 5.89. The molecule has 1 saturated carbocycles. The van der Waals surface area contributed by atoms with Crippen LogP contribution in [0.5, 0.6) is 5.75 Å². The predicted molar refractivity (Wildman–Crippen MR) is 99.1 cm³/mol. The van der Waals surface area contributed by atoms with E-state index in [0.29, 0.717) is 30.0 Å². The van der Waals surface area contributed by atoms with Gasteiger partial charge in [0.15, 0.2) is 6.61 Å². The van der Waals surface area contributed by atoms with Crippen molar-refractivity contribution in [2.45, 2.75) is 25.9 Å². The quantitative estimate of drug-likeness (QED) is 0.669. The topological polar surface area (TPSA) is 120 Å². The number of primary amides is 1. The van der Waals surface area contributed by atoms with Gasteiger partial charge < -0.3 is 20.3 Å². The molecular weight excluding hydrogens is 360 g/mol. The van der Waals surface area contributed by atoms with Gasteiger partial charge in [-0.25, -0.2) is 0 Å². The van der Waals surface area contributed by atoms with Gasteiger partial charge in [0.1, 0.15) is 5.75 Å². The second kappa shape index (κ2) is 7.84. The third-order valence-electron chi connectivity index (χ3n) is 5.27. The SMILES string of the molecule is NC(=O)Cc1ccc(OCc2noc(C(=O)NC[C@H]3C[C@@H]4C=C[C@H]3C4)n2)cc1. The van der Waals surface area contributed by atoms with Crippen LogP contribution in [0.25, 0.3) is 0 Å². The van der Waals surface area contributed by atoms with E-state index in [4.69, 9.17) is 15.0 Å². The maximum Gasteiger partial charge on any atom is 0.316 e. The van der Waals surface area contributed by atoms with E-state index in [2.05, 4.69) is 27.6 Å². The van der Waals surface area contributed by atoms with Gasteiger partial charge in [-0.1, -0.05) is 29.4 Å². The molecule has 0 unspecified atom stereocenters. The number of nitrogens with one attached hydrogen (secondary N) is 1. The molecule has 3 atom stereocenters. The van der Waals surface area contributed by atoms with Crippen molar-refractivity contribution in [1.82, 2.24) is 15.5 Å². The number of benzene rings is 1. The molecule has 2 aliphatic carbocycles. The van der Waals surface area contributed by atoms with E-state index in [1.807, 2.05) is 0 Å². The van der Waals surface area contributed by atoms with E-state index < -0.39 is 0 Å². The Balaban J connectivity index is 1.25. The van der Waals surface area contributed by atoms with Gasteiger partial charge in [0.05, 0.1) is 6.42 Å². The highest BCUT2D eigenvalue weighted by Crippen LogP contribution is 2.42. The second-order valence-electron chi connectivity index (χ2n) is 7.34. The zero-order chi connectivity index (χ0) is 19.5. The smallest absolute Gasteiger partial charge is 0.316 e. The molecule has 1 aromatic heterocycles. The lowest BCUT2D eigenvalue weighted by atomic mass is 9.94. The Morgan fingerprint density at radius 2 is 2.04 bits per heavy atom. The summed E-state index contributed by atoms with van der Waals surface area (Å²) in [5.74, 6) is 1.80. The van der Waals surface area contributed by atoms with Crippen LogP contribution in [0, 0.1) is 17.8 Å². The molecule has 1 fully saturated rings. The Bertz CT molecular complexity index is 890. The van der Waals surface area contributed by atoms with Crippen LogP contribution in [-0.2, 0) is 17.8 Å². The van der Waals surface area contributed by atoms with Crippen molar-refractivity contribution in [3.8, 4) is 5.75 Å². The number of rotatable bonds is 8. The molecule has 0 aliphatic heterocycles. The maximum atomic E-state index is 12.2. The van der Waals surface area contributed by atoms with E-state index in [0.717, 1.165) is 12.0 Å². The molecule has 146 valence electrons. The van der Waals surface area contributed by atoms with E-state index in [1.165, 1.54) is 6.42 Å². The Morgan fingerprint density at radius 1 is 1.21 bits per heavy atom. The summed E-state index contributed by atoms with van der Waals surface area (Å²) in [6.45, 7) is 0.694. The number of nitrogens with zero attached hydrogens (tertiary/aromatic N) is 2. The molecule has 2 amide bonds. The first-order valence-corrected chi connectivity index (χ1v) is 9.36. The number of ether oxygens (including phenoxy) is 1. The van der Waals surface area contributed by atoms with Crippen LogP contribution in [0.3, 0.4) is 0 Å². The number of amides is 2. The van der Waals surface area contributed by atoms with Crippen molar-refractivity contribution in [2.75, 3.05) is 6.54 Å². The van der Waals surface area contributed by atoms with Crippen LogP contribution in [0.4, 0.5) is 0 Å². The number of aromatic nitrogens is 2. The van der Waals surface area contributed by atoms with Gasteiger partial charge in [0, 0.05) is 6.54 Å². The second-order valence-corrected chi connectivity index (χ2v) is 7.34. The fraction of sp³-hybridized carbons (Fsp3) is 0.400. The predicted octanol–water partition coefficient (Wildman–Crippen LogP) is 1.62. The molecule has 2 aliphatic rings. The largest absolute Gasteiger partial charge is 0.485 e. The van der Waals surface area contributed by atoms with Crippen LogP contribution in [0.1, 0.15) is 34.9 Å². The van der Waals surface area contributed by atoms with Crippen LogP contribution in [-0.4, -0.2) is 28.5 Å². The van der Waals surface area contributed by atoms with Gasteiger partial charge in [-0.3, -0.25) is 9.59 Å². The molecule has 0 saturated heterocycles. The molecule has 3 N–H and O–H groups in total. The average Bonchev–Trinajstić information content (AvgIpc) is 3.42. The Kier molecular flexibility index (Phi) is 5.10. The molecule has 2 bridgehead atoms. The third-order valence-corrected chi connectivity index (χ3v) is 5.27. The van der Waals surface area contributed by atoms with Gasteiger partial charge in [-0.2, -0.15) is 4.98 Å². The first-order chi connectivity index (χ1) is 13.6. The van der Waals surface area contributed by atoms with Crippen LogP contribution >= 0.6 is 0 Å². The highest BCUT2D eigenvalue weighted by Gasteiger charge is 2.35. The summed E-state index contributed by atoms with van der Waals surface area (Å²) < 4.78 is 10.6. The van der Waals surface area contributed by atoms with Gasteiger partial charge in [0.25, 0.3) is 0 Å². The summed E-state index contributed by atoms with van der Waals surface area (Å²) >= 11 is 0. The zero-order valence-corrected chi connectivity index (χ0v) is 15.3. The van der Waals surface area contributed by atoms with E-state index in [9.17, 15) is 9.59 Å². The molecule has 28 heavy (non-hydrogen) atoms. The summed E-state index contributed by atoms with van der Waals surface area (Å²) in [7, 11) is 0. The van der Waals surface area contributed by atoms with Crippen LogP contribution in [0.2, 0.25) is 0 Å². The average molecular weight is 382 g/mol. The molecule has 0 spiro atoms. The van der Waals surface area contributed by atoms with Crippen molar-refractivity contribution in [1.29, 1.82) is 0 Å². The summed E-state index contributed by atoms with van der Waals surface area (Å²) in [6, 6.07) is 6.99. The summed E-state index contributed by atoms with van der Waals surface area (Å²) in [4.78, 5) is 27.2. The number of carbonyl (C=O) groups is 2. The lowest BCUT2D eigenvalue weighted by molar-refractivity contribution is -0.117.